The van der Waals surface area contributed by atoms with Gasteiger partial charge in [-0.15, -0.1) is 10.2 Å². The third-order valence-corrected chi connectivity index (χ3v) is 4.45. The number of ether oxygens (including phenoxy) is 3. The van der Waals surface area contributed by atoms with Gasteiger partial charge in [0.25, 0.3) is 5.91 Å². The Labute approximate surface area is 166 Å². The molecular weight excluding hydrogens is 378 g/mol. The number of methoxy groups -OCH3 is 2. The number of hydrogen-bond donors (Lipinski definition) is 1. The molecule has 1 heterocycles. The monoisotopic (exact) mass is 397 g/mol. The van der Waals surface area contributed by atoms with Gasteiger partial charge in [0.05, 0.1) is 14.2 Å². The first-order valence-electron chi connectivity index (χ1n) is 8.38. The summed E-state index contributed by atoms with van der Waals surface area (Å²) in [6, 6.07) is 14.6. The van der Waals surface area contributed by atoms with Gasteiger partial charge in [0.1, 0.15) is 22.3 Å². The zero-order valence-corrected chi connectivity index (χ0v) is 16.2. The maximum absolute atomic E-state index is 12.0. The first-order valence-corrected chi connectivity index (χ1v) is 9.20. The number of nitrogens with zero attached hydrogens (tertiary/aromatic N) is 2. The van der Waals surface area contributed by atoms with Gasteiger partial charge in [-0.2, -0.15) is 0 Å². The van der Waals surface area contributed by atoms with Crippen molar-refractivity contribution in [2.45, 2.75) is 0 Å². The van der Waals surface area contributed by atoms with E-state index in [0.717, 1.165) is 17.1 Å². The van der Waals surface area contributed by atoms with Crippen LogP contribution in [0.5, 0.6) is 17.2 Å². The largest absolute Gasteiger partial charge is 0.497 e. The van der Waals surface area contributed by atoms with E-state index in [0.29, 0.717) is 15.9 Å². The highest BCUT2D eigenvalue weighted by Crippen LogP contribution is 2.20. The van der Waals surface area contributed by atoms with Crippen LogP contribution in [0.25, 0.3) is 12.2 Å². The second-order valence-electron chi connectivity index (χ2n) is 5.56. The van der Waals surface area contributed by atoms with Crippen LogP contribution in [-0.4, -0.2) is 36.9 Å². The Hall–Kier alpha value is -3.39. The summed E-state index contributed by atoms with van der Waals surface area (Å²) in [7, 11) is 3.22. The van der Waals surface area contributed by atoms with E-state index < -0.39 is 0 Å². The number of benzene rings is 2. The van der Waals surface area contributed by atoms with Gasteiger partial charge >= 0.3 is 0 Å². The molecule has 0 bridgehead atoms. The van der Waals surface area contributed by atoms with Crippen LogP contribution in [-0.2, 0) is 4.79 Å². The van der Waals surface area contributed by atoms with Crippen LogP contribution in [0, 0.1) is 0 Å². The van der Waals surface area contributed by atoms with Gasteiger partial charge in [-0.05, 0) is 48.0 Å². The third-order valence-electron chi connectivity index (χ3n) is 3.65. The topological polar surface area (TPSA) is 82.6 Å². The van der Waals surface area contributed by atoms with Gasteiger partial charge in [-0.25, -0.2) is 0 Å². The number of carbonyl (C=O) groups is 1. The molecule has 0 atom stereocenters. The van der Waals surface area contributed by atoms with E-state index in [4.69, 9.17) is 14.2 Å². The number of anilines is 1. The van der Waals surface area contributed by atoms with Crippen LogP contribution in [0.15, 0.2) is 48.5 Å². The molecule has 0 aliphatic carbocycles. The Morgan fingerprint density at radius 1 is 0.929 bits per heavy atom. The molecule has 0 aliphatic heterocycles. The van der Waals surface area contributed by atoms with Gasteiger partial charge in [-0.3, -0.25) is 10.1 Å². The average molecular weight is 397 g/mol. The molecule has 0 aliphatic rings. The van der Waals surface area contributed by atoms with E-state index in [2.05, 4.69) is 15.5 Å². The number of nitrogens with one attached hydrogen (secondary N) is 1. The molecule has 0 saturated heterocycles. The van der Waals surface area contributed by atoms with Crippen LogP contribution in [0.4, 0.5) is 5.13 Å². The molecule has 0 unspecified atom stereocenters. The molecule has 0 spiro atoms. The molecule has 2 aromatic carbocycles. The van der Waals surface area contributed by atoms with Crippen molar-refractivity contribution in [3.05, 3.63) is 59.1 Å². The highest BCUT2D eigenvalue weighted by molar-refractivity contribution is 7.16. The lowest BCUT2D eigenvalue weighted by Gasteiger charge is -2.06. The molecule has 1 aromatic heterocycles. The van der Waals surface area contributed by atoms with Crippen molar-refractivity contribution in [1.29, 1.82) is 0 Å². The fraction of sp³-hybridized carbons (Fsp3) is 0.150. The van der Waals surface area contributed by atoms with Crippen molar-refractivity contribution in [1.82, 2.24) is 10.2 Å². The molecule has 8 heteroatoms. The standard InChI is InChI=1S/C20H19N3O4S/c1-25-15-6-3-14(4-7-15)5-12-19-22-23-20(28-19)21-18(24)13-27-17-10-8-16(26-2)9-11-17/h3-12H,13H2,1-2H3,(H,21,23,24). The zero-order chi connectivity index (χ0) is 19.8. The van der Waals surface area contributed by atoms with Crippen LogP contribution in [0.3, 0.4) is 0 Å². The fourth-order valence-electron chi connectivity index (χ4n) is 2.21. The van der Waals surface area contributed by atoms with Crippen molar-refractivity contribution in [3.63, 3.8) is 0 Å². The smallest absolute Gasteiger partial charge is 0.264 e. The number of hydrogen-bond acceptors (Lipinski definition) is 7. The Morgan fingerprint density at radius 3 is 2.18 bits per heavy atom. The number of aromatic nitrogens is 2. The molecule has 28 heavy (non-hydrogen) atoms. The lowest BCUT2D eigenvalue weighted by Crippen LogP contribution is -2.20. The van der Waals surface area contributed by atoms with Crippen molar-refractivity contribution in [2.75, 3.05) is 26.1 Å². The van der Waals surface area contributed by atoms with E-state index in [-0.39, 0.29) is 12.5 Å². The fourth-order valence-corrected chi connectivity index (χ4v) is 2.87. The molecule has 144 valence electrons. The van der Waals surface area contributed by atoms with Gasteiger partial charge in [0, 0.05) is 0 Å². The average Bonchev–Trinajstić information content (AvgIpc) is 3.18. The first-order chi connectivity index (χ1) is 13.7. The second kappa shape index (κ2) is 9.52. The minimum absolute atomic E-state index is 0.122. The Kier molecular flexibility index (Phi) is 6.59. The summed E-state index contributed by atoms with van der Waals surface area (Å²) >= 11 is 1.28. The van der Waals surface area contributed by atoms with Crippen molar-refractivity contribution < 1.29 is 19.0 Å². The Bertz CT molecular complexity index is 937. The molecule has 0 fully saturated rings. The summed E-state index contributed by atoms with van der Waals surface area (Å²) < 4.78 is 15.6. The van der Waals surface area contributed by atoms with E-state index in [1.807, 2.05) is 36.4 Å². The second-order valence-corrected chi connectivity index (χ2v) is 6.57. The van der Waals surface area contributed by atoms with Gasteiger partial charge in [0.2, 0.25) is 5.13 Å². The van der Waals surface area contributed by atoms with E-state index in [9.17, 15) is 4.79 Å². The summed E-state index contributed by atoms with van der Waals surface area (Å²) in [6.45, 7) is -0.122. The number of rotatable bonds is 8. The summed E-state index contributed by atoms with van der Waals surface area (Å²) in [5.41, 5.74) is 1.01. The molecule has 3 aromatic rings. The number of amides is 1. The third kappa shape index (κ3) is 5.55. The lowest BCUT2D eigenvalue weighted by molar-refractivity contribution is -0.118. The quantitative estimate of drug-likeness (QED) is 0.623. The summed E-state index contributed by atoms with van der Waals surface area (Å²) in [4.78, 5) is 12.0. The van der Waals surface area contributed by atoms with Gasteiger partial charge in [0.15, 0.2) is 6.61 Å². The van der Waals surface area contributed by atoms with Gasteiger partial charge in [-0.1, -0.05) is 29.5 Å². The predicted octanol–water partition coefficient (Wildman–Crippen LogP) is 3.74. The molecule has 0 saturated carbocycles. The Morgan fingerprint density at radius 2 is 1.54 bits per heavy atom. The minimum atomic E-state index is -0.308. The highest BCUT2D eigenvalue weighted by atomic mass is 32.1. The van der Waals surface area contributed by atoms with Crippen LogP contribution < -0.4 is 19.5 Å². The van der Waals surface area contributed by atoms with Gasteiger partial charge < -0.3 is 14.2 Å². The molecule has 0 radical (unpaired) electrons. The van der Waals surface area contributed by atoms with Crippen LogP contribution in [0.2, 0.25) is 0 Å². The predicted molar refractivity (Wildman–Crippen MR) is 109 cm³/mol. The summed E-state index contributed by atoms with van der Waals surface area (Å²) in [5, 5.41) is 11.8. The summed E-state index contributed by atoms with van der Waals surface area (Å²) in [5.74, 6) is 1.80. The summed E-state index contributed by atoms with van der Waals surface area (Å²) in [6.07, 6.45) is 3.75. The van der Waals surface area contributed by atoms with E-state index in [1.165, 1.54) is 11.3 Å². The molecule has 3 rings (SSSR count). The molecular formula is C20H19N3O4S. The van der Waals surface area contributed by atoms with Crippen molar-refractivity contribution in [3.8, 4) is 17.2 Å². The zero-order valence-electron chi connectivity index (χ0n) is 15.4. The Balaban J connectivity index is 1.50. The van der Waals surface area contributed by atoms with Crippen LogP contribution >= 0.6 is 11.3 Å². The van der Waals surface area contributed by atoms with E-state index in [1.54, 1.807) is 38.5 Å². The highest BCUT2D eigenvalue weighted by Gasteiger charge is 2.08. The van der Waals surface area contributed by atoms with Crippen molar-refractivity contribution >= 4 is 34.5 Å². The van der Waals surface area contributed by atoms with Crippen molar-refractivity contribution in [2.24, 2.45) is 0 Å². The number of carbonyl (C=O) groups excluding carboxylic acids is 1. The van der Waals surface area contributed by atoms with E-state index >= 15 is 0 Å². The first kappa shape index (κ1) is 19.4. The normalized spacial score (nSPS) is 10.6. The maximum Gasteiger partial charge on any atom is 0.264 e. The van der Waals surface area contributed by atoms with Crippen LogP contribution in [0.1, 0.15) is 10.6 Å². The SMILES string of the molecule is COc1ccc(C=Cc2nnc(NC(=O)COc3ccc(OC)cc3)s2)cc1. The lowest BCUT2D eigenvalue weighted by atomic mass is 10.2. The minimum Gasteiger partial charge on any atom is -0.497 e. The maximum atomic E-state index is 12.0. The molecule has 1 amide bonds. The molecule has 1 N–H and O–H groups in total. The molecule has 7 nitrogen and oxygen atoms in total.